The van der Waals surface area contributed by atoms with E-state index in [9.17, 15) is 0 Å². The maximum absolute atomic E-state index is 5.42. The van der Waals surface area contributed by atoms with Crippen LogP contribution in [0.4, 0.5) is 11.6 Å². The van der Waals surface area contributed by atoms with Crippen LogP contribution in [-0.4, -0.2) is 24.1 Å². The van der Waals surface area contributed by atoms with Crippen molar-refractivity contribution in [3.8, 4) is 5.75 Å². The molecule has 0 unspecified atom stereocenters. The van der Waals surface area contributed by atoms with Crippen molar-refractivity contribution in [3.63, 3.8) is 0 Å². The molecule has 0 atom stereocenters. The zero-order valence-electron chi connectivity index (χ0n) is 11.3. The van der Waals surface area contributed by atoms with E-state index in [1.165, 1.54) is 11.9 Å². The van der Waals surface area contributed by atoms with Gasteiger partial charge in [0.15, 0.2) is 11.6 Å². The fraction of sp³-hybridized carbons (Fsp3) is 0.231. The molecule has 106 valence electrons. The smallest absolute Gasteiger partial charge is 0.205 e. The molecule has 0 bridgehead atoms. The molecule has 7 heteroatoms. The summed E-state index contributed by atoms with van der Waals surface area (Å²) in [6.07, 6.45) is 1.45. The van der Waals surface area contributed by atoms with Crippen molar-refractivity contribution in [2.24, 2.45) is 5.84 Å². The lowest BCUT2D eigenvalue weighted by Gasteiger charge is -2.21. The SMILES string of the molecule is COc1c(NN)ncnc1N(C)Cc1ccc(Br)cc1. The first-order chi connectivity index (χ1) is 9.65. The number of nitrogens with two attached hydrogens (primary N) is 1. The fourth-order valence-corrected chi connectivity index (χ4v) is 2.13. The maximum atomic E-state index is 5.42. The third-order valence-corrected chi connectivity index (χ3v) is 3.35. The van der Waals surface area contributed by atoms with Crippen molar-refractivity contribution in [3.05, 3.63) is 40.6 Å². The number of hydrogen-bond acceptors (Lipinski definition) is 6. The number of hydrogen-bond donors (Lipinski definition) is 2. The van der Waals surface area contributed by atoms with E-state index in [1.807, 2.05) is 24.1 Å². The Hall–Kier alpha value is -1.86. The molecule has 1 aromatic heterocycles. The molecule has 0 amide bonds. The highest BCUT2D eigenvalue weighted by atomic mass is 79.9. The van der Waals surface area contributed by atoms with Crippen LogP contribution in [-0.2, 0) is 6.54 Å². The van der Waals surface area contributed by atoms with Crippen molar-refractivity contribution in [1.82, 2.24) is 9.97 Å². The summed E-state index contributed by atoms with van der Waals surface area (Å²) in [5.74, 6) is 7.08. The average molecular weight is 338 g/mol. The van der Waals surface area contributed by atoms with Crippen LogP contribution in [0.2, 0.25) is 0 Å². The number of methoxy groups -OCH3 is 1. The van der Waals surface area contributed by atoms with Gasteiger partial charge in [-0.2, -0.15) is 0 Å². The van der Waals surface area contributed by atoms with Gasteiger partial charge in [0.25, 0.3) is 0 Å². The fourth-order valence-electron chi connectivity index (χ4n) is 1.87. The lowest BCUT2D eigenvalue weighted by Crippen LogP contribution is -2.20. The number of anilines is 2. The van der Waals surface area contributed by atoms with Crippen LogP contribution in [0.5, 0.6) is 5.75 Å². The molecule has 0 saturated heterocycles. The van der Waals surface area contributed by atoms with Gasteiger partial charge in [0.05, 0.1) is 7.11 Å². The molecule has 0 aliphatic carbocycles. The number of benzene rings is 1. The number of halogens is 1. The molecule has 0 aliphatic rings. The van der Waals surface area contributed by atoms with Gasteiger partial charge in [0, 0.05) is 18.1 Å². The molecule has 0 spiro atoms. The highest BCUT2D eigenvalue weighted by Crippen LogP contribution is 2.31. The lowest BCUT2D eigenvalue weighted by atomic mass is 10.2. The second kappa shape index (κ2) is 6.53. The largest absolute Gasteiger partial charge is 0.490 e. The van der Waals surface area contributed by atoms with E-state index >= 15 is 0 Å². The van der Waals surface area contributed by atoms with Gasteiger partial charge >= 0.3 is 0 Å². The first-order valence-electron chi connectivity index (χ1n) is 5.97. The number of aromatic nitrogens is 2. The van der Waals surface area contributed by atoms with Gasteiger partial charge in [-0.3, -0.25) is 0 Å². The van der Waals surface area contributed by atoms with Gasteiger partial charge < -0.3 is 15.1 Å². The molecular formula is C13H16BrN5O. The van der Waals surface area contributed by atoms with Crippen LogP contribution >= 0.6 is 15.9 Å². The summed E-state index contributed by atoms with van der Waals surface area (Å²) in [5, 5.41) is 0. The standard InChI is InChI=1S/C13H16BrN5O/c1-19(7-9-3-5-10(14)6-4-9)13-11(20-2)12(18-15)16-8-17-13/h3-6,8H,7,15H2,1-2H3,(H,16,17,18). The Morgan fingerprint density at radius 3 is 2.60 bits per heavy atom. The maximum Gasteiger partial charge on any atom is 0.205 e. The van der Waals surface area contributed by atoms with Gasteiger partial charge in [0.1, 0.15) is 6.33 Å². The Bertz CT molecular complexity index is 575. The normalized spacial score (nSPS) is 10.2. The van der Waals surface area contributed by atoms with Crippen LogP contribution in [0.1, 0.15) is 5.56 Å². The lowest BCUT2D eigenvalue weighted by molar-refractivity contribution is 0.412. The van der Waals surface area contributed by atoms with E-state index < -0.39 is 0 Å². The van der Waals surface area contributed by atoms with Gasteiger partial charge in [-0.15, -0.1) is 0 Å². The van der Waals surface area contributed by atoms with Crippen molar-refractivity contribution in [2.75, 3.05) is 24.5 Å². The topological polar surface area (TPSA) is 76.3 Å². The third kappa shape index (κ3) is 3.17. The minimum absolute atomic E-state index is 0.458. The molecule has 1 heterocycles. The molecule has 0 fully saturated rings. The highest BCUT2D eigenvalue weighted by molar-refractivity contribution is 9.10. The van der Waals surface area contributed by atoms with Crippen molar-refractivity contribution in [2.45, 2.75) is 6.54 Å². The van der Waals surface area contributed by atoms with Gasteiger partial charge in [0.2, 0.25) is 5.75 Å². The second-order valence-electron chi connectivity index (χ2n) is 4.21. The molecule has 2 aromatic rings. The first-order valence-corrected chi connectivity index (χ1v) is 6.76. The summed E-state index contributed by atoms with van der Waals surface area (Å²) in [6.45, 7) is 0.699. The van der Waals surface area contributed by atoms with Gasteiger partial charge in [-0.05, 0) is 17.7 Å². The van der Waals surface area contributed by atoms with E-state index in [0.717, 1.165) is 4.47 Å². The van der Waals surface area contributed by atoms with E-state index in [4.69, 9.17) is 10.6 Å². The molecule has 0 aliphatic heterocycles. The predicted octanol–water partition coefficient (Wildman–Crippen LogP) is 2.17. The van der Waals surface area contributed by atoms with Crippen LogP contribution in [0.15, 0.2) is 35.1 Å². The molecular weight excluding hydrogens is 322 g/mol. The van der Waals surface area contributed by atoms with E-state index in [-0.39, 0.29) is 0 Å². The Morgan fingerprint density at radius 2 is 2.00 bits per heavy atom. The third-order valence-electron chi connectivity index (χ3n) is 2.82. The minimum Gasteiger partial charge on any atom is -0.490 e. The zero-order valence-corrected chi connectivity index (χ0v) is 12.9. The second-order valence-corrected chi connectivity index (χ2v) is 5.12. The van der Waals surface area contributed by atoms with Crippen LogP contribution < -0.4 is 20.9 Å². The average Bonchev–Trinajstić information content (AvgIpc) is 2.48. The van der Waals surface area contributed by atoms with Gasteiger partial charge in [-0.1, -0.05) is 28.1 Å². The number of ether oxygens (including phenoxy) is 1. The Morgan fingerprint density at radius 1 is 1.30 bits per heavy atom. The zero-order chi connectivity index (χ0) is 14.5. The van der Waals surface area contributed by atoms with Crippen molar-refractivity contribution < 1.29 is 4.74 Å². The molecule has 0 radical (unpaired) electrons. The monoisotopic (exact) mass is 337 g/mol. The number of nitrogen functional groups attached to an aromatic ring is 1. The van der Waals surface area contributed by atoms with Gasteiger partial charge in [-0.25, -0.2) is 15.8 Å². The van der Waals surface area contributed by atoms with E-state index in [0.29, 0.717) is 23.9 Å². The number of nitrogens with zero attached hydrogens (tertiary/aromatic N) is 3. The summed E-state index contributed by atoms with van der Waals surface area (Å²) in [5.41, 5.74) is 3.67. The van der Waals surface area contributed by atoms with Crippen molar-refractivity contribution >= 4 is 27.6 Å². The highest BCUT2D eigenvalue weighted by Gasteiger charge is 2.15. The number of hydrazine groups is 1. The first kappa shape index (κ1) is 14.5. The number of rotatable bonds is 5. The summed E-state index contributed by atoms with van der Waals surface area (Å²) in [7, 11) is 3.50. The summed E-state index contributed by atoms with van der Waals surface area (Å²) < 4.78 is 6.38. The Labute approximate surface area is 126 Å². The molecule has 2 rings (SSSR count). The Balaban J connectivity index is 2.24. The molecule has 20 heavy (non-hydrogen) atoms. The summed E-state index contributed by atoms with van der Waals surface area (Å²) >= 11 is 3.42. The van der Waals surface area contributed by atoms with Crippen LogP contribution in [0, 0.1) is 0 Å². The van der Waals surface area contributed by atoms with E-state index in [2.05, 4.69) is 43.5 Å². The van der Waals surface area contributed by atoms with Crippen LogP contribution in [0.25, 0.3) is 0 Å². The quantitative estimate of drug-likeness (QED) is 0.643. The molecule has 6 nitrogen and oxygen atoms in total. The molecule has 1 aromatic carbocycles. The minimum atomic E-state index is 0.458. The molecule has 0 saturated carbocycles. The van der Waals surface area contributed by atoms with Crippen molar-refractivity contribution in [1.29, 1.82) is 0 Å². The summed E-state index contributed by atoms with van der Waals surface area (Å²) in [4.78, 5) is 10.3. The van der Waals surface area contributed by atoms with Crippen LogP contribution in [0.3, 0.4) is 0 Å². The van der Waals surface area contributed by atoms with E-state index in [1.54, 1.807) is 7.11 Å². The molecule has 3 N–H and O–H groups in total. The summed E-state index contributed by atoms with van der Waals surface area (Å²) in [6, 6.07) is 8.12. The Kier molecular flexibility index (Phi) is 4.75. The predicted molar refractivity (Wildman–Crippen MR) is 82.6 cm³/mol. The number of nitrogens with one attached hydrogen (secondary N) is 1.